The van der Waals surface area contributed by atoms with Gasteiger partial charge in [-0.15, -0.1) is 0 Å². The van der Waals surface area contributed by atoms with Crippen molar-refractivity contribution in [3.63, 3.8) is 0 Å². The molecule has 1 rings (SSSR count). The quantitative estimate of drug-likeness (QED) is 0.645. The predicted octanol–water partition coefficient (Wildman–Crippen LogP) is 1.67. The van der Waals surface area contributed by atoms with Gasteiger partial charge in [-0.25, -0.2) is 0 Å². The summed E-state index contributed by atoms with van der Waals surface area (Å²) in [6.07, 6.45) is 3.87. The molecule has 0 aliphatic heterocycles. The van der Waals surface area contributed by atoms with E-state index in [4.69, 9.17) is 4.74 Å². The molecule has 0 saturated heterocycles. The van der Waals surface area contributed by atoms with Crippen molar-refractivity contribution in [3.05, 3.63) is 0 Å². The largest absolute Gasteiger partial charge is 0.469 e. The van der Waals surface area contributed by atoms with Crippen molar-refractivity contribution in [2.75, 3.05) is 20.7 Å². The van der Waals surface area contributed by atoms with Crippen LogP contribution in [0.3, 0.4) is 0 Å². The van der Waals surface area contributed by atoms with Gasteiger partial charge in [-0.05, 0) is 33.7 Å². The number of hydrogen-bond donors (Lipinski definition) is 0. The van der Waals surface area contributed by atoms with Crippen LogP contribution in [0.1, 0.15) is 33.1 Å². The Balaban J connectivity index is 2.44. The number of rotatable bonds is 4. The van der Waals surface area contributed by atoms with Crippen LogP contribution < -0.4 is 0 Å². The monoisotopic (exact) mass is 199 g/mol. The molecule has 0 bridgehead atoms. The van der Waals surface area contributed by atoms with Gasteiger partial charge in [0.2, 0.25) is 0 Å². The molecule has 0 aromatic rings. The summed E-state index contributed by atoms with van der Waals surface area (Å²) in [7, 11) is 3.54. The summed E-state index contributed by atoms with van der Waals surface area (Å²) in [6.45, 7) is 4.66. The smallest absolute Gasteiger partial charge is 0.312 e. The van der Waals surface area contributed by atoms with E-state index in [1.807, 2.05) is 13.8 Å². The second-order valence-corrected chi connectivity index (χ2v) is 4.88. The third-order valence-electron chi connectivity index (χ3n) is 3.08. The minimum absolute atomic E-state index is 0.122. The van der Waals surface area contributed by atoms with Gasteiger partial charge in [-0.3, -0.25) is 4.79 Å². The molecule has 82 valence electrons. The Morgan fingerprint density at radius 1 is 1.50 bits per heavy atom. The number of hydrogen-bond acceptors (Lipinski definition) is 3. The number of esters is 1. The van der Waals surface area contributed by atoms with E-state index in [0.717, 1.165) is 6.54 Å². The van der Waals surface area contributed by atoms with Gasteiger partial charge in [0.25, 0.3) is 0 Å². The Kier molecular flexibility index (Phi) is 3.53. The fourth-order valence-corrected chi connectivity index (χ4v) is 1.92. The average Bonchev–Trinajstić information content (AvgIpc) is 1.98. The summed E-state index contributed by atoms with van der Waals surface area (Å²) < 4.78 is 4.78. The van der Waals surface area contributed by atoms with Crippen molar-refractivity contribution < 1.29 is 9.53 Å². The van der Waals surface area contributed by atoms with Gasteiger partial charge in [-0.2, -0.15) is 0 Å². The first-order valence-electron chi connectivity index (χ1n) is 5.26. The van der Waals surface area contributed by atoms with Crippen LogP contribution in [0, 0.1) is 5.41 Å². The molecule has 3 nitrogen and oxygen atoms in total. The molecule has 1 aliphatic carbocycles. The molecule has 0 amide bonds. The van der Waals surface area contributed by atoms with Crippen LogP contribution in [0.4, 0.5) is 0 Å². The van der Waals surface area contributed by atoms with Crippen LogP contribution >= 0.6 is 0 Å². The van der Waals surface area contributed by atoms with Crippen molar-refractivity contribution in [2.45, 2.75) is 39.2 Å². The Hall–Kier alpha value is -0.570. The second kappa shape index (κ2) is 4.30. The Bertz CT molecular complexity index is 209. The van der Waals surface area contributed by atoms with Gasteiger partial charge in [0.15, 0.2) is 0 Å². The molecular weight excluding hydrogens is 178 g/mol. The van der Waals surface area contributed by atoms with Gasteiger partial charge in [0.05, 0.1) is 12.5 Å². The zero-order chi connectivity index (χ0) is 10.8. The number of carbonyl (C=O) groups excluding carboxylic acids is 1. The van der Waals surface area contributed by atoms with Gasteiger partial charge in [0, 0.05) is 12.6 Å². The van der Waals surface area contributed by atoms with E-state index in [1.54, 1.807) is 0 Å². The standard InChI is InChI=1S/C11H21NO2/c1-11(2,10(13)14-4)8-12(3)9-6-5-7-9/h9H,5-8H2,1-4H3. The molecule has 0 aromatic heterocycles. The highest BCUT2D eigenvalue weighted by atomic mass is 16.5. The van der Waals surface area contributed by atoms with E-state index in [2.05, 4.69) is 11.9 Å². The van der Waals surface area contributed by atoms with Gasteiger partial charge >= 0.3 is 5.97 Å². The Morgan fingerprint density at radius 3 is 2.43 bits per heavy atom. The lowest BCUT2D eigenvalue weighted by Gasteiger charge is -2.38. The first-order valence-corrected chi connectivity index (χ1v) is 5.26. The maximum absolute atomic E-state index is 11.4. The SMILES string of the molecule is COC(=O)C(C)(C)CN(C)C1CCC1. The van der Waals surface area contributed by atoms with E-state index in [-0.39, 0.29) is 11.4 Å². The molecule has 0 unspecified atom stereocenters. The fraction of sp³-hybridized carbons (Fsp3) is 0.909. The zero-order valence-corrected chi connectivity index (χ0v) is 9.67. The molecule has 0 radical (unpaired) electrons. The summed E-state index contributed by atoms with van der Waals surface area (Å²) in [5.41, 5.74) is -0.390. The second-order valence-electron chi connectivity index (χ2n) is 4.88. The highest BCUT2D eigenvalue weighted by molar-refractivity contribution is 5.76. The number of ether oxygens (including phenoxy) is 1. The van der Waals surface area contributed by atoms with E-state index in [9.17, 15) is 4.79 Å². The summed E-state index contributed by atoms with van der Waals surface area (Å²) in [6, 6.07) is 0.680. The third-order valence-corrected chi connectivity index (χ3v) is 3.08. The minimum Gasteiger partial charge on any atom is -0.469 e. The molecule has 3 heteroatoms. The van der Waals surface area contributed by atoms with Gasteiger partial charge < -0.3 is 9.64 Å². The number of nitrogens with zero attached hydrogens (tertiary/aromatic N) is 1. The third kappa shape index (κ3) is 2.47. The molecule has 14 heavy (non-hydrogen) atoms. The first kappa shape index (κ1) is 11.5. The van der Waals surface area contributed by atoms with Crippen molar-refractivity contribution in [2.24, 2.45) is 5.41 Å². The summed E-state index contributed by atoms with van der Waals surface area (Å²) in [5.74, 6) is -0.122. The zero-order valence-electron chi connectivity index (χ0n) is 9.67. The number of carbonyl (C=O) groups is 1. The molecule has 1 saturated carbocycles. The predicted molar refractivity (Wildman–Crippen MR) is 56.1 cm³/mol. The minimum atomic E-state index is -0.390. The summed E-state index contributed by atoms with van der Waals surface area (Å²) in [5, 5.41) is 0. The lowest BCUT2D eigenvalue weighted by atomic mass is 9.87. The van der Waals surface area contributed by atoms with Crippen LogP contribution in [-0.2, 0) is 9.53 Å². The average molecular weight is 199 g/mol. The fourth-order valence-electron chi connectivity index (χ4n) is 1.92. The van der Waals surface area contributed by atoms with E-state index >= 15 is 0 Å². The lowest BCUT2D eigenvalue weighted by molar-refractivity contribution is -0.152. The molecule has 0 heterocycles. The highest BCUT2D eigenvalue weighted by Crippen LogP contribution is 2.27. The van der Waals surface area contributed by atoms with Crippen molar-refractivity contribution in [1.29, 1.82) is 0 Å². The van der Waals surface area contributed by atoms with Crippen molar-refractivity contribution in [1.82, 2.24) is 4.90 Å². The molecule has 1 aliphatic rings. The van der Waals surface area contributed by atoms with Crippen LogP contribution in [0.15, 0.2) is 0 Å². The Labute approximate surface area is 86.4 Å². The normalized spacial score (nSPS) is 18.1. The van der Waals surface area contributed by atoms with E-state index < -0.39 is 0 Å². The molecule has 0 aromatic carbocycles. The van der Waals surface area contributed by atoms with Crippen LogP contribution in [0.5, 0.6) is 0 Å². The lowest BCUT2D eigenvalue weighted by Crippen LogP contribution is -2.45. The maximum atomic E-state index is 11.4. The first-order chi connectivity index (χ1) is 6.47. The molecule has 0 N–H and O–H groups in total. The maximum Gasteiger partial charge on any atom is 0.312 e. The van der Waals surface area contributed by atoms with Crippen molar-refractivity contribution >= 4 is 5.97 Å². The van der Waals surface area contributed by atoms with Gasteiger partial charge in [-0.1, -0.05) is 6.42 Å². The van der Waals surface area contributed by atoms with Crippen LogP contribution in [-0.4, -0.2) is 37.6 Å². The van der Waals surface area contributed by atoms with E-state index in [1.165, 1.54) is 26.4 Å². The molecule has 1 fully saturated rings. The summed E-state index contributed by atoms with van der Waals surface area (Å²) >= 11 is 0. The van der Waals surface area contributed by atoms with Gasteiger partial charge in [0.1, 0.15) is 0 Å². The molecule has 0 spiro atoms. The number of methoxy groups -OCH3 is 1. The highest BCUT2D eigenvalue weighted by Gasteiger charge is 2.33. The summed E-state index contributed by atoms with van der Waals surface area (Å²) in [4.78, 5) is 13.7. The van der Waals surface area contributed by atoms with Crippen LogP contribution in [0.25, 0.3) is 0 Å². The van der Waals surface area contributed by atoms with Crippen LogP contribution in [0.2, 0.25) is 0 Å². The van der Waals surface area contributed by atoms with E-state index in [0.29, 0.717) is 6.04 Å². The Morgan fingerprint density at radius 2 is 2.07 bits per heavy atom. The molecular formula is C11H21NO2. The molecule has 0 atom stereocenters. The van der Waals surface area contributed by atoms with Crippen molar-refractivity contribution in [3.8, 4) is 0 Å². The topological polar surface area (TPSA) is 29.5 Å².